The van der Waals surface area contributed by atoms with E-state index in [9.17, 15) is 13.6 Å². The Kier molecular flexibility index (Phi) is 6.08. The monoisotopic (exact) mass is 226 g/mol. The third-order valence-corrected chi connectivity index (χ3v) is 3.13. The van der Waals surface area contributed by atoms with Gasteiger partial charge in [-0.25, -0.2) is 4.79 Å². The van der Waals surface area contributed by atoms with E-state index >= 15 is 0 Å². The van der Waals surface area contributed by atoms with E-state index in [1.807, 2.05) is 13.8 Å². The number of hydrogen-bond acceptors (Lipinski definition) is 3. The fourth-order valence-electron chi connectivity index (χ4n) is 0.660. The molecule has 0 bridgehead atoms. The molecule has 0 saturated carbocycles. The smallest absolute Gasteiger partial charge is 0.377 e. The molecule has 0 aromatic rings. The first-order valence-electron chi connectivity index (χ1n) is 4.60. The quantitative estimate of drug-likeness (QED) is 0.651. The van der Waals surface area contributed by atoms with E-state index in [0.29, 0.717) is 0 Å². The number of thioether (sulfide) groups is 1. The molecule has 5 heteroatoms. The van der Waals surface area contributed by atoms with Gasteiger partial charge < -0.3 is 4.74 Å². The first-order chi connectivity index (χ1) is 6.44. The maximum absolute atomic E-state index is 13.0. The van der Waals surface area contributed by atoms with Gasteiger partial charge in [0.2, 0.25) is 0 Å². The van der Waals surface area contributed by atoms with Crippen molar-refractivity contribution in [2.24, 2.45) is 0 Å². The molecule has 1 unspecified atom stereocenters. The molecule has 0 rings (SSSR count). The van der Waals surface area contributed by atoms with Gasteiger partial charge in [-0.2, -0.15) is 20.5 Å². The van der Waals surface area contributed by atoms with Crippen LogP contribution in [-0.4, -0.2) is 29.5 Å². The molecule has 0 aromatic heterocycles. The van der Waals surface area contributed by atoms with E-state index in [4.69, 9.17) is 0 Å². The summed E-state index contributed by atoms with van der Waals surface area (Å²) in [5.41, 5.74) is 0. The summed E-state index contributed by atoms with van der Waals surface area (Å²) in [6.07, 6.45) is 0.809. The lowest BCUT2D eigenvalue weighted by Crippen LogP contribution is -2.33. The lowest BCUT2D eigenvalue weighted by molar-refractivity contribution is -0.167. The fraction of sp³-hybridized carbons (Fsp3) is 0.889. The van der Waals surface area contributed by atoms with Crippen molar-refractivity contribution in [1.82, 2.24) is 0 Å². The molecule has 0 amide bonds. The molecule has 0 aliphatic carbocycles. The second kappa shape index (κ2) is 6.22. The summed E-state index contributed by atoms with van der Waals surface area (Å²) < 4.78 is 30.3. The molecule has 0 heterocycles. The maximum Gasteiger partial charge on any atom is 0.377 e. The summed E-state index contributed by atoms with van der Waals surface area (Å²) >= 11 is 1.09. The highest BCUT2D eigenvalue weighted by Crippen LogP contribution is 2.25. The van der Waals surface area contributed by atoms with Crippen LogP contribution in [0, 0.1) is 0 Å². The van der Waals surface area contributed by atoms with Crippen LogP contribution in [0.3, 0.4) is 0 Å². The van der Waals surface area contributed by atoms with Crippen LogP contribution in [0.2, 0.25) is 0 Å². The number of rotatable bonds is 6. The van der Waals surface area contributed by atoms with Crippen LogP contribution in [-0.2, 0) is 9.53 Å². The average molecular weight is 226 g/mol. The number of hydrogen-bond donors (Lipinski definition) is 0. The minimum atomic E-state index is -3.36. The maximum atomic E-state index is 13.0. The first kappa shape index (κ1) is 13.7. The summed E-state index contributed by atoms with van der Waals surface area (Å²) in [5.74, 6) is -5.28. The zero-order valence-electron chi connectivity index (χ0n) is 8.68. The van der Waals surface area contributed by atoms with Gasteiger partial charge in [0.1, 0.15) is 0 Å². The number of carbonyl (C=O) groups is 1. The van der Waals surface area contributed by atoms with Crippen LogP contribution in [0.5, 0.6) is 0 Å². The van der Waals surface area contributed by atoms with Gasteiger partial charge in [0, 0.05) is 5.25 Å². The van der Waals surface area contributed by atoms with Gasteiger partial charge in [0.25, 0.3) is 0 Å². The normalized spacial score (nSPS) is 13.8. The number of esters is 1. The first-order valence-corrected chi connectivity index (χ1v) is 5.65. The summed E-state index contributed by atoms with van der Waals surface area (Å²) in [7, 11) is 0. The van der Waals surface area contributed by atoms with E-state index < -0.39 is 17.6 Å². The van der Waals surface area contributed by atoms with Crippen molar-refractivity contribution in [1.29, 1.82) is 0 Å². The molecular formula is C9H16F2O2S. The highest BCUT2D eigenvalue weighted by molar-refractivity contribution is 7.99. The van der Waals surface area contributed by atoms with Crippen molar-refractivity contribution < 1.29 is 18.3 Å². The number of ether oxygens (including phenoxy) is 1. The Bertz CT molecular complexity index is 186. The lowest BCUT2D eigenvalue weighted by atomic mass is 10.4. The zero-order valence-corrected chi connectivity index (χ0v) is 9.50. The van der Waals surface area contributed by atoms with Crippen molar-refractivity contribution in [3.8, 4) is 0 Å². The van der Waals surface area contributed by atoms with Gasteiger partial charge in [-0.05, 0) is 13.3 Å². The highest BCUT2D eigenvalue weighted by atomic mass is 32.2. The molecule has 0 spiro atoms. The summed E-state index contributed by atoms with van der Waals surface area (Å²) in [5, 5.41) is 0.135. The van der Waals surface area contributed by atoms with Gasteiger partial charge in [0.05, 0.1) is 12.4 Å². The Labute approximate surface area is 87.4 Å². The van der Waals surface area contributed by atoms with E-state index in [-0.39, 0.29) is 11.9 Å². The van der Waals surface area contributed by atoms with Crippen LogP contribution >= 0.6 is 11.8 Å². The molecule has 14 heavy (non-hydrogen) atoms. The lowest BCUT2D eigenvalue weighted by Gasteiger charge is -2.16. The van der Waals surface area contributed by atoms with Gasteiger partial charge in [-0.3, -0.25) is 0 Å². The number of carbonyl (C=O) groups excluding carboxylic acids is 1. The third kappa shape index (κ3) is 4.79. The van der Waals surface area contributed by atoms with Gasteiger partial charge >= 0.3 is 11.9 Å². The van der Waals surface area contributed by atoms with Crippen LogP contribution in [0.15, 0.2) is 0 Å². The van der Waals surface area contributed by atoms with Crippen molar-refractivity contribution in [3.63, 3.8) is 0 Å². The molecular weight excluding hydrogens is 210 g/mol. The van der Waals surface area contributed by atoms with Crippen LogP contribution in [0.4, 0.5) is 8.78 Å². The summed E-state index contributed by atoms with van der Waals surface area (Å²) in [6, 6.07) is 0. The molecule has 0 aromatic carbocycles. The SMILES string of the molecule is CCOC(=O)C(F)(F)CSC(C)CC. The molecule has 0 aliphatic rings. The minimum absolute atomic E-state index is 0.0115. The predicted molar refractivity (Wildman–Crippen MR) is 53.8 cm³/mol. The van der Waals surface area contributed by atoms with Gasteiger partial charge in [-0.1, -0.05) is 13.8 Å². The Hall–Kier alpha value is -0.320. The molecule has 2 nitrogen and oxygen atoms in total. The summed E-state index contributed by atoms with van der Waals surface area (Å²) in [4.78, 5) is 10.8. The van der Waals surface area contributed by atoms with Crippen LogP contribution in [0.1, 0.15) is 27.2 Å². The number of halogens is 2. The zero-order chi connectivity index (χ0) is 11.2. The largest absolute Gasteiger partial charge is 0.462 e. The van der Waals surface area contributed by atoms with Gasteiger partial charge in [0.15, 0.2) is 0 Å². The van der Waals surface area contributed by atoms with E-state index in [1.54, 1.807) is 0 Å². The molecule has 0 radical (unpaired) electrons. The van der Waals surface area contributed by atoms with Crippen LogP contribution in [0.25, 0.3) is 0 Å². The second-order valence-corrected chi connectivity index (χ2v) is 4.38. The van der Waals surface area contributed by atoms with E-state index in [1.165, 1.54) is 6.92 Å². The third-order valence-electron chi connectivity index (χ3n) is 1.70. The Morgan fingerprint density at radius 2 is 2.07 bits per heavy atom. The molecule has 1 atom stereocenters. The van der Waals surface area contributed by atoms with Crippen LogP contribution < -0.4 is 0 Å². The standard InChI is InChI=1S/C9H16F2O2S/c1-4-7(3)14-6-9(10,11)8(12)13-5-2/h7H,4-6H2,1-3H3. The fourth-order valence-corrected chi connectivity index (χ4v) is 1.51. The van der Waals surface area contributed by atoms with E-state index in [0.717, 1.165) is 18.2 Å². The Morgan fingerprint density at radius 3 is 2.50 bits per heavy atom. The predicted octanol–water partition coefficient (Wildman–Crippen LogP) is 2.72. The molecule has 0 aliphatic heterocycles. The van der Waals surface area contributed by atoms with Crippen molar-refractivity contribution in [2.75, 3.05) is 12.4 Å². The van der Waals surface area contributed by atoms with Gasteiger partial charge in [-0.15, -0.1) is 0 Å². The van der Waals surface area contributed by atoms with Crippen molar-refractivity contribution >= 4 is 17.7 Å². The minimum Gasteiger partial charge on any atom is -0.462 e. The van der Waals surface area contributed by atoms with E-state index in [2.05, 4.69) is 4.74 Å². The Morgan fingerprint density at radius 1 is 1.50 bits per heavy atom. The highest BCUT2D eigenvalue weighted by Gasteiger charge is 2.40. The topological polar surface area (TPSA) is 26.3 Å². The second-order valence-electron chi connectivity index (χ2n) is 2.95. The molecule has 0 saturated heterocycles. The van der Waals surface area contributed by atoms with Crippen molar-refractivity contribution in [2.45, 2.75) is 38.4 Å². The Balaban J connectivity index is 3.99. The van der Waals surface area contributed by atoms with Crippen molar-refractivity contribution in [3.05, 3.63) is 0 Å². The molecule has 0 N–H and O–H groups in total. The average Bonchev–Trinajstić information content (AvgIpc) is 2.14. The number of alkyl halides is 2. The summed E-state index contributed by atoms with van der Waals surface area (Å²) in [6.45, 7) is 5.27. The molecule has 84 valence electrons. The molecule has 0 fully saturated rings.